The molecule has 146 valence electrons. The van der Waals surface area contributed by atoms with Gasteiger partial charge in [0.1, 0.15) is 5.75 Å². The number of aliphatic hydroxyl groups is 1. The molecule has 4 rings (SSSR count). The van der Waals surface area contributed by atoms with Gasteiger partial charge >= 0.3 is 0 Å². The van der Waals surface area contributed by atoms with Gasteiger partial charge in [0, 0.05) is 13.2 Å². The molecule has 3 heterocycles. The molecular formula is C21H21NO6. The molecule has 1 saturated heterocycles. The third-order valence-electron chi connectivity index (χ3n) is 5.13. The maximum Gasteiger partial charge on any atom is 0.290 e. The van der Waals surface area contributed by atoms with Gasteiger partial charge in [-0.25, -0.2) is 0 Å². The van der Waals surface area contributed by atoms with E-state index in [0.717, 1.165) is 12.8 Å². The SMILES string of the molecule is COc1cccc([C@@H]2C(C(=O)c3ccco3)=C(O)C(=O)N2C[C@@H]2CCCO2)c1. The topological polar surface area (TPSA) is 89.2 Å². The van der Waals surface area contributed by atoms with Gasteiger partial charge in [-0.2, -0.15) is 0 Å². The second-order valence-electron chi connectivity index (χ2n) is 6.84. The van der Waals surface area contributed by atoms with Crippen molar-refractivity contribution >= 4 is 11.7 Å². The normalized spacial score (nSPS) is 22.2. The number of furan rings is 1. The van der Waals surface area contributed by atoms with E-state index < -0.39 is 23.5 Å². The predicted octanol–water partition coefficient (Wildman–Crippen LogP) is 3.05. The summed E-state index contributed by atoms with van der Waals surface area (Å²) in [6.07, 6.45) is 3.01. The van der Waals surface area contributed by atoms with Gasteiger partial charge in [0.25, 0.3) is 5.91 Å². The summed E-state index contributed by atoms with van der Waals surface area (Å²) in [6.45, 7) is 0.938. The predicted molar refractivity (Wildman–Crippen MR) is 99.1 cm³/mol. The number of hydrogen-bond donors (Lipinski definition) is 1. The molecule has 2 atom stereocenters. The monoisotopic (exact) mass is 383 g/mol. The first-order chi connectivity index (χ1) is 13.6. The van der Waals surface area contributed by atoms with Gasteiger partial charge in [-0.15, -0.1) is 0 Å². The number of methoxy groups -OCH3 is 1. The fourth-order valence-corrected chi connectivity index (χ4v) is 3.78. The zero-order valence-corrected chi connectivity index (χ0v) is 15.5. The van der Waals surface area contributed by atoms with Crippen LogP contribution >= 0.6 is 0 Å². The van der Waals surface area contributed by atoms with E-state index >= 15 is 0 Å². The maximum absolute atomic E-state index is 13.0. The van der Waals surface area contributed by atoms with Crippen molar-refractivity contribution in [3.63, 3.8) is 0 Å². The number of benzene rings is 1. The first kappa shape index (κ1) is 18.3. The van der Waals surface area contributed by atoms with Crippen molar-refractivity contribution in [2.75, 3.05) is 20.3 Å². The standard InChI is InChI=1S/C21H21NO6/c1-26-14-6-2-5-13(11-14)18-17(19(23)16-8-4-10-28-16)20(24)21(25)22(18)12-15-7-3-9-27-15/h2,4-6,8,10-11,15,18,24H,3,7,9,12H2,1H3/t15-,18+/m0/s1. The molecular weight excluding hydrogens is 362 g/mol. The summed E-state index contributed by atoms with van der Waals surface area (Å²) in [5.74, 6) is -0.983. The van der Waals surface area contributed by atoms with E-state index in [0.29, 0.717) is 24.5 Å². The van der Waals surface area contributed by atoms with E-state index in [1.165, 1.54) is 17.2 Å². The summed E-state index contributed by atoms with van der Waals surface area (Å²) < 4.78 is 16.2. The highest BCUT2D eigenvalue weighted by Gasteiger charge is 2.45. The first-order valence-corrected chi connectivity index (χ1v) is 9.18. The van der Waals surface area contributed by atoms with E-state index in [1.807, 2.05) is 0 Å². The molecule has 2 aliphatic rings. The summed E-state index contributed by atoms with van der Waals surface area (Å²) in [5, 5.41) is 10.6. The zero-order valence-electron chi connectivity index (χ0n) is 15.5. The van der Waals surface area contributed by atoms with Gasteiger partial charge in [-0.1, -0.05) is 12.1 Å². The minimum absolute atomic E-state index is 0.00574. The lowest BCUT2D eigenvalue weighted by atomic mass is 9.94. The van der Waals surface area contributed by atoms with Crippen LogP contribution in [0.2, 0.25) is 0 Å². The van der Waals surface area contributed by atoms with Crippen LogP contribution in [0.1, 0.15) is 35.0 Å². The second kappa shape index (κ2) is 7.52. The molecule has 2 aromatic rings. The van der Waals surface area contributed by atoms with Crippen molar-refractivity contribution in [2.24, 2.45) is 0 Å². The van der Waals surface area contributed by atoms with Gasteiger partial charge in [-0.05, 0) is 42.7 Å². The summed E-state index contributed by atoms with van der Waals surface area (Å²) in [4.78, 5) is 27.4. The van der Waals surface area contributed by atoms with Crippen LogP contribution in [0.5, 0.6) is 5.75 Å². The van der Waals surface area contributed by atoms with Crippen LogP contribution in [-0.4, -0.2) is 48.1 Å². The van der Waals surface area contributed by atoms with Gasteiger partial charge < -0.3 is 23.9 Å². The second-order valence-corrected chi connectivity index (χ2v) is 6.84. The fourth-order valence-electron chi connectivity index (χ4n) is 3.78. The Bertz CT molecular complexity index is 911. The third-order valence-corrected chi connectivity index (χ3v) is 5.13. The highest BCUT2D eigenvalue weighted by Crippen LogP contribution is 2.40. The molecule has 0 spiro atoms. The minimum atomic E-state index is -0.746. The van der Waals surface area contributed by atoms with Gasteiger partial charge in [0.05, 0.1) is 31.1 Å². The first-order valence-electron chi connectivity index (χ1n) is 9.18. The van der Waals surface area contributed by atoms with Crippen molar-refractivity contribution in [2.45, 2.75) is 25.0 Å². The number of carbonyl (C=O) groups is 2. The van der Waals surface area contributed by atoms with Crippen LogP contribution in [0.15, 0.2) is 58.4 Å². The Morgan fingerprint density at radius 2 is 2.18 bits per heavy atom. The lowest BCUT2D eigenvalue weighted by Crippen LogP contribution is -2.37. The van der Waals surface area contributed by atoms with Crippen molar-refractivity contribution in [1.29, 1.82) is 0 Å². The average molecular weight is 383 g/mol. The van der Waals surface area contributed by atoms with Crippen molar-refractivity contribution < 1.29 is 28.6 Å². The van der Waals surface area contributed by atoms with Crippen LogP contribution in [0.3, 0.4) is 0 Å². The number of carbonyl (C=O) groups excluding carboxylic acids is 2. The van der Waals surface area contributed by atoms with E-state index in [9.17, 15) is 14.7 Å². The van der Waals surface area contributed by atoms with Crippen LogP contribution in [0.25, 0.3) is 0 Å². The number of amides is 1. The molecule has 2 aliphatic heterocycles. The van der Waals surface area contributed by atoms with E-state index in [1.54, 1.807) is 37.4 Å². The summed E-state index contributed by atoms with van der Waals surface area (Å²) in [7, 11) is 1.55. The molecule has 1 aromatic heterocycles. The molecule has 1 fully saturated rings. The molecule has 7 heteroatoms. The quantitative estimate of drug-likeness (QED) is 0.772. The largest absolute Gasteiger partial charge is 0.503 e. The summed E-state index contributed by atoms with van der Waals surface area (Å²) in [5.41, 5.74) is 0.677. The number of hydrogen-bond acceptors (Lipinski definition) is 6. The van der Waals surface area contributed by atoms with Crippen molar-refractivity contribution in [1.82, 2.24) is 4.90 Å². The molecule has 7 nitrogen and oxygen atoms in total. The summed E-state index contributed by atoms with van der Waals surface area (Å²) in [6, 6.07) is 9.48. The highest BCUT2D eigenvalue weighted by atomic mass is 16.5. The lowest BCUT2D eigenvalue weighted by molar-refractivity contribution is -0.131. The Balaban J connectivity index is 1.77. The maximum atomic E-state index is 13.0. The van der Waals surface area contributed by atoms with E-state index in [4.69, 9.17) is 13.9 Å². The van der Waals surface area contributed by atoms with E-state index in [2.05, 4.69) is 0 Å². The molecule has 0 unspecified atom stereocenters. The van der Waals surface area contributed by atoms with Gasteiger partial charge in [0.2, 0.25) is 5.78 Å². The van der Waals surface area contributed by atoms with Crippen LogP contribution in [0.4, 0.5) is 0 Å². The molecule has 1 aromatic carbocycles. The third kappa shape index (κ3) is 3.18. The number of ether oxygens (including phenoxy) is 2. The van der Waals surface area contributed by atoms with Crippen LogP contribution in [0, 0.1) is 0 Å². The molecule has 28 heavy (non-hydrogen) atoms. The molecule has 1 amide bonds. The molecule has 1 N–H and O–H groups in total. The van der Waals surface area contributed by atoms with E-state index in [-0.39, 0.29) is 17.4 Å². The molecule has 0 saturated carbocycles. The summed E-state index contributed by atoms with van der Waals surface area (Å²) >= 11 is 0. The number of nitrogens with zero attached hydrogens (tertiary/aromatic N) is 1. The Kier molecular flexibility index (Phi) is 4.92. The van der Waals surface area contributed by atoms with Crippen molar-refractivity contribution in [3.8, 4) is 5.75 Å². The molecule has 0 radical (unpaired) electrons. The van der Waals surface area contributed by atoms with Gasteiger partial charge in [0.15, 0.2) is 11.5 Å². The van der Waals surface area contributed by atoms with Crippen LogP contribution in [-0.2, 0) is 9.53 Å². The molecule has 0 bridgehead atoms. The Hall–Kier alpha value is -3.06. The smallest absolute Gasteiger partial charge is 0.290 e. The average Bonchev–Trinajstić information content (AvgIpc) is 3.46. The Morgan fingerprint density at radius 3 is 2.86 bits per heavy atom. The highest BCUT2D eigenvalue weighted by molar-refractivity contribution is 6.15. The number of Topliss-reactive ketones (excluding diaryl/α,β-unsaturated/α-hetero) is 1. The Morgan fingerprint density at radius 1 is 1.32 bits per heavy atom. The van der Waals surface area contributed by atoms with Crippen molar-refractivity contribution in [3.05, 3.63) is 65.3 Å². The Labute approximate surface area is 162 Å². The van der Waals surface area contributed by atoms with Gasteiger partial charge in [-0.3, -0.25) is 9.59 Å². The number of ketones is 1. The van der Waals surface area contributed by atoms with Crippen LogP contribution < -0.4 is 4.74 Å². The fraction of sp³-hybridized carbons (Fsp3) is 0.333. The number of rotatable bonds is 6. The lowest BCUT2D eigenvalue weighted by Gasteiger charge is -2.29. The number of aliphatic hydroxyl groups excluding tert-OH is 1. The zero-order chi connectivity index (χ0) is 19.7. The minimum Gasteiger partial charge on any atom is -0.503 e. The molecule has 0 aliphatic carbocycles.